The van der Waals surface area contributed by atoms with Gasteiger partial charge in [0.2, 0.25) is 0 Å². The zero-order valence-electron chi connectivity index (χ0n) is 18.6. The van der Waals surface area contributed by atoms with E-state index in [4.69, 9.17) is 18.9 Å². The van der Waals surface area contributed by atoms with Crippen LogP contribution in [-0.2, 0) is 4.74 Å². The molecule has 6 rings (SSSR count). The largest absolute Gasteiger partial charge is 0.496 e. The molecule has 2 aromatic rings. The lowest BCUT2D eigenvalue weighted by molar-refractivity contribution is -0.0342. The summed E-state index contributed by atoms with van der Waals surface area (Å²) >= 11 is 0. The Labute approximate surface area is 188 Å². The van der Waals surface area contributed by atoms with Gasteiger partial charge in [-0.05, 0) is 55.6 Å². The molecule has 0 spiro atoms. The van der Waals surface area contributed by atoms with E-state index in [1.807, 2.05) is 36.4 Å². The van der Waals surface area contributed by atoms with Crippen LogP contribution in [0.3, 0.4) is 0 Å². The second kappa shape index (κ2) is 8.90. The van der Waals surface area contributed by atoms with Gasteiger partial charge in [0, 0.05) is 18.5 Å². The number of alkyl carbamates (subject to hydrolysis) is 1. The Morgan fingerprint density at radius 3 is 2.47 bits per heavy atom. The lowest BCUT2D eigenvalue weighted by atomic mass is 9.86. The van der Waals surface area contributed by atoms with Crippen LogP contribution in [0.2, 0.25) is 0 Å². The van der Waals surface area contributed by atoms with Crippen molar-refractivity contribution in [3.8, 4) is 28.4 Å². The Kier molecular flexibility index (Phi) is 5.83. The quantitative estimate of drug-likeness (QED) is 0.761. The number of rotatable bonds is 5. The standard InChI is InChI=1S/C25H30N2O5/c1-29-20-4-3-5-21(30-2)24(20)17-6-7-18-19(10-13-31-22(18)14-17)26-25(28)32-23-15-27-11-8-16(23)9-12-27/h3-7,14,16,19,23H,8-13,15H2,1-2H3,(H,26,28)/t19?,23-/m1/s1. The van der Waals surface area contributed by atoms with E-state index in [9.17, 15) is 4.79 Å². The van der Waals surface area contributed by atoms with Crippen LogP contribution >= 0.6 is 0 Å². The first-order chi connectivity index (χ1) is 15.7. The number of amides is 1. The Hall–Kier alpha value is -2.93. The van der Waals surface area contributed by atoms with Crippen molar-refractivity contribution in [1.82, 2.24) is 10.2 Å². The highest BCUT2D eigenvalue weighted by molar-refractivity contribution is 5.78. The second-order valence-electron chi connectivity index (χ2n) is 8.71. The number of carbonyl (C=O) groups excluding carboxylic acids is 1. The molecule has 4 heterocycles. The molecule has 1 N–H and O–H groups in total. The van der Waals surface area contributed by atoms with E-state index < -0.39 is 0 Å². The maximum absolute atomic E-state index is 12.7. The summed E-state index contributed by atoms with van der Waals surface area (Å²) in [6.07, 6.45) is 2.61. The number of nitrogens with zero attached hydrogens (tertiary/aromatic N) is 1. The predicted molar refractivity (Wildman–Crippen MR) is 120 cm³/mol. The molecule has 7 heteroatoms. The third-order valence-electron chi connectivity index (χ3n) is 6.92. The lowest BCUT2D eigenvalue weighted by Crippen LogP contribution is -2.52. The van der Waals surface area contributed by atoms with Crippen molar-refractivity contribution in [3.05, 3.63) is 42.0 Å². The third kappa shape index (κ3) is 3.97. The molecule has 0 saturated carbocycles. The number of hydrogen-bond acceptors (Lipinski definition) is 6. The molecule has 4 aliphatic heterocycles. The molecule has 4 aliphatic rings. The molecular weight excluding hydrogens is 408 g/mol. The Morgan fingerprint density at radius 1 is 1.06 bits per heavy atom. The summed E-state index contributed by atoms with van der Waals surface area (Å²) in [6.45, 7) is 3.63. The Morgan fingerprint density at radius 2 is 1.81 bits per heavy atom. The van der Waals surface area contributed by atoms with Crippen molar-refractivity contribution in [2.45, 2.75) is 31.4 Å². The van der Waals surface area contributed by atoms with E-state index in [0.717, 1.165) is 66.4 Å². The summed E-state index contributed by atoms with van der Waals surface area (Å²) in [5, 5.41) is 3.08. The lowest BCUT2D eigenvalue weighted by Gasteiger charge is -2.44. The van der Waals surface area contributed by atoms with Crippen LogP contribution in [0.1, 0.15) is 30.9 Å². The molecule has 1 amide bonds. The highest BCUT2D eigenvalue weighted by atomic mass is 16.6. The smallest absolute Gasteiger partial charge is 0.407 e. The summed E-state index contributed by atoms with van der Waals surface area (Å²) in [4.78, 5) is 15.1. The van der Waals surface area contributed by atoms with Gasteiger partial charge < -0.3 is 24.3 Å². The van der Waals surface area contributed by atoms with Crippen molar-refractivity contribution in [2.75, 3.05) is 40.5 Å². The van der Waals surface area contributed by atoms with E-state index in [1.165, 1.54) is 0 Å². The highest BCUT2D eigenvalue weighted by Crippen LogP contribution is 2.42. The van der Waals surface area contributed by atoms with E-state index in [2.05, 4.69) is 10.2 Å². The van der Waals surface area contributed by atoms with Crippen molar-refractivity contribution < 1.29 is 23.7 Å². The number of nitrogens with one attached hydrogen (secondary N) is 1. The zero-order valence-corrected chi connectivity index (χ0v) is 18.6. The van der Waals surface area contributed by atoms with Crippen LogP contribution in [0, 0.1) is 5.92 Å². The van der Waals surface area contributed by atoms with Gasteiger partial charge >= 0.3 is 6.09 Å². The molecule has 32 heavy (non-hydrogen) atoms. The van der Waals surface area contributed by atoms with E-state index in [-0.39, 0.29) is 18.2 Å². The van der Waals surface area contributed by atoms with Crippen molar-refractivity contribution in [3.63, 3.8) is 0 Å². The third-order valence-corrected chi connectivity index (χ3v) is 6.92. The summed E-state index contributed by atoms with van der Waals surface area (Å²) in [7, 11) is 3.29. The number of carbonyl (C=O) groups is 1. The van der Waals surface area contributed by atoms with Gasteiger partial charge in [-0.2, -0.15) is 0 Å². The first-order valence-corrected chi connectivity index (χ1v) is 11.3. The van der Waals surface area contributed by atoms with Gasteiger partial charge in [0.1, 0.15) is 23.4 Å². The number of ether oxygens (including phenoxy) is 4. The van der Waals surface area contributed by atoms with Crippen molar-refractivity contribution in [2.24, 2.45) is 5.92 Å². The minimum Gasteiger partial charge on any atom is -0.496 e. The molecule has 0 aliphatic carbocycles. The molecule has 2 bridgehead atoms. The predicted octanol–water partition coefficient (Wildman–Crippen LogP) is 4.01. The molecular formula is C25H30N2O5. The maximum atomic E-state index is 12.7. The van der Waals surface area contributed by atoms with Gasteiger partial charge in [-0.15, -0.1) is 0 Å². The maximum Gasteiger partial charge on any atom is 0.407 e. The van der Waals surface area contributed by atoms with Gasteiger partial charge in [0.25, 0.3) is 0 Å². The molecule has 2 atom stereocenters. The van der Waals surface area contributed by atoms with Gasteiger partial charge in [-0.25, -0.2) is 4.79 Å². The van der Waals surface area contributed by atoms with Crippen LogP contribution in [-0.4, -0.2) is 57.6 Å². The molecule has 170 valence electrons. The van der Waals surface area contributed by atoms with E-state index in [0.29, 0.717) is 18.9 Å². The average molecular weight is 439 g/mol. The molecule has 0 radical (unpaired) electrons. The number of methoxy groups -OCH3 is 2. The SMILES string of the molecule is COc1cccc(OC)c1-c1ccc2c(c1)OCCC2NC(=O)O[C@@H]1CN2CCC1CC2. The van der Waals surface area contributed by atoms with Gasteiger partial charge in [0.05, 0.1) is 32.4 Å². The highest BCUT2D eigenvalue weighted by Gasteiger charge is 2.37. The molecule has 0 aromatic heterocycles. The van der Waals surface area contributed by atoms with Gasteiger partial charge in [0.15, 0.2) is 0 Å². The van der Waals surface area contributed by atoms with Gasteiger partial charge in [-0.1, -0.05) is 18.2 Å². The van der Waals surface area contributed by atoms with Crippen LogP contribution < -0.4 is 19.5 Å². The minimum absolute atomic E-state index is 0.00260. The van der Waals surface area contributed by atoms with Crippen molar-refractivity contribution in [1.29, 1.82) is 0 Å². The molecule has 1 unspecified atom stereocenters. The summed E-state index contributed by atoms with van der Waals surface area (Å²) in [6, 6.07) is 11.6. The minimum atomic E-state index is -0.336. The molecule has 7 nitrogen and oxygen atoms in total. The van der Waals surface area contributed by atoms with Crippen LogP contribution in [0.4, 0.5) is 4.79 Å². The van der Waals surface area contributed by atoms with Crippen LogP contribution in [0.5, 0.6) is 17.2 Å². The molecule has 2 aromatic carbocycles. The molecule has 3 fully saturated rings. The fourth-order valence-electron chi connectivity index (χ4n) is 5.19. The van der Waals surface area contributed by atoms with Gasteiger partial charge in [-0.3, -0.25) is 4.90 Å². The number of hydrogen-bond donors (Lipinski definition) is 1. The number of benzene rings is 2. The Bertz CT molecular complexity index is 964. The normalized spacial score (nSPS) is 25.9. The number of piperidine rings is 3. The number of fused-ring (bicyclic) bond motifs is 4. The first-order valence-electron chi connectivity index (χ1n) is 11.3. The average Bonchev–Trinajstić information content (AvgIpc) is 2.84. The van der Waals surface area contributed by atoms with E-state index >= 15 is 0 Å². The van der Waals surface area contributed by atoms with Crippen LogP contribution in [0.25, 0.3) is 11.1 Å². The first kappa shape index (κ1) is 20.9. The van der Waals surface area contributed by atoms with Crippen molar-refractivity contribution >= 4 is 6.09 Å². The Balaban J connectivity index is 1.33. The van der Waals surface area contributed by atoms with E-state index in [1.54, 1.807) is 14.2 Å². The molecule has 3 saturated heterocycles. The zero-order chi connectivity index (χ0) is 22.1. The topological polar surface area (TPSA) is 69.3 Å². The second-order valence-corrected chi connectivity index (χ2v) is 8.71. The summed E-state index contributed by atoms with van der Waals surface area (Å²) in [5.41, 5.74) is 2.77. The van der Waals surface area contributed by atoms with Crippen LogP contribution in [0.15, 0.2) is 36.4 Å². The monoisotopic (exact) mass is 438 g/mol. The fourth-order valence-corrected chi connectivity index (χ4v) is 5.19. The summed E-state index contributed by atoms with van der Waals surface area (Å²) in [5.74, 6) is 2.72. The summed E-state index contributed by atoms with van der Waals surface area (Å²) < 4.78 is 22.9. The fraction of sp³-hybridized carbons (Fsp3) is 0.480.